The van der Waals surface area contributed by atoms with E-state index in [1.807, 2.05) is 36.5 Å². The summed E-state index contributed by atoms with van der Waals surface area (Å²) < 4.78 is 0. The molecule has 0 fully saturated rings. The first-order valence-electron chi connectivity index (χ1n) is 11.2. The summed E-state index contributed by atoms with van der Waals surface area (Å²) in [4.78, 5) is 9.81. The Morgan fingerprint density at radius 1 is 0.727 bits per heavy atom. The summed E-state index contributed by atoms with van der Waals surface area (Å²) in [5.74, 6) is 0.293. The first-order chi connectivity index (χ1) is 16.2. The minimum atomic E-state index is 0.293. The zero-order valence-corrected chi connectivity index (χ0v) is 18.4. The normalized spacial score (nSPS) is 11.1. The molecular weight excluding hydrogens is 406 g/mol. The molecule has 0 aliphatic rings. The van der Waals surface area contributed by atoms with E-state index in [0.29, 0.717) is 5.75 Å². The van der Waals surface area contributed by atoms with Crippen LogP contribution in [0.1, 0.15) is 16.8 Å². The molecule has 0 aliphatic carbocycles. The first kappa shape index (κ1) is 20.9. The highest BCUT2D eigenvalue weighted by Crippen LogP contribution is 2.34. The second-order valence-electron chi connectivity index (χ2n) is 8.19. The lowest BCUT2D eigenvalue weighted by molar-refractivity contribution is -0.386. The van der Waals surface area contributed by atoms with Crippen molar-refractivity contribution in [1.82, 2.24) is 9.97 Å². The lowest BCUT2D eigenvalue weighted by Crippen LogP contribution is -2.47. The fraction of sp³-hybridized carbons (Fsp3) is 0.103. The Morgan fingerprint density at radius 3 is 2.30 bits per heavy atom. The molecule has 2 heterocycles. The van der Waals surface area contributed by atoms with Crippen LogP contribution < -0.4 is 5.73 Å². The standard InChI is InChI=1S/C29H25N3O/c30-19-21-9-12-23(13-10-21)29-25(22-6-2-1-3-7-22)18-26-27(31-16-15-28(26)32-29)14-11-20-5-4-8-24(33)17-20/h1-10,12-13,15-18,33H,11,14,19,30H2/p+1. The Bertz CT molecular complexity index is 1400. The predicted molar refractivity (Wildman–Crippen MR) is 133 cm³/mol. The zero-order chi connectivity index (χ0) is 22.6. The minimum absolute atomic E-state index is 0.293. The summed E-state index contributed by atoms with van der Waals surface area (Å²) in [6.45, 7) is 0.769. The van der Waals surface area contributed by atoms with E-state index in [-0.39, 0.29) is 0 Å². The summed E-state index contributed by atoms with van der Waals surface area (Å²) in [6, 6.07) is 30.5. The van der Waals surface area contributed by atoms with E-state index in [1.165, 1.54) is 5.56 Å². The number of fused-ring (bicyclic) bond motifs is 1. The molecule has 162 valence electrons. The van der Waals surface area contributed by atoms with Gasteiger partial charge in [-0.3, -0.25) is 4.98 Å². The fourth-order valence-corrected chi connectivity index (χ4v) is 4.21. The lowest BCUT2D eigenvalue weighted by Gasteiger charge is -2.14. The molecule has 5 rings (SSSR count). The van der Waals surface area contributed by atoms with E-state index >= 15 is 0 Å². The molecule has 0 atom stereocenters. The van der Waals surface area contributed by atoms with Gasteiger partial charge in [-0.05, 0) is 48.2 Å². The van der Waals surface area contributed by atoms with Crippen LogP contribution >= 0.6 is 0 Å². The molecule has 33 heavy (non-hydrogen) atoms. The Morgan fingerprint density at radius 2 is 1.55 bits per heavy atom. The van der Waals surface area contributed by atoms with Crippen LogP contribution in [0, 0.1) is 0 Å². The van der Waals surface area contributed by atoms with Crippen LogP contribution in [-0.2, 0) is 19.4 Å². The van der Waals surface area contributed by atoms with Gasteiger partial charge in [-0.25, -0.2) is 4.98 Å². The number of pyridine rings is 2. The summed E-state index contributed by atoms with van der Waals surface area (Å²) in [5.41, 5.74) is 12.5. The minimum Gasteiger partial charge on any atom is -0.508 e. The monoisotopic (exact) mass is 432 g/mol. The molecule has 0 spiro atoms. The second kappa shape index (κ2) is 9.23. The Balaban J connectivity index is 1.62. The third kappa shape index (κ3) is 4.47. The molecule has 4 nitrogen and oxygen atoms in total. The number of benzene rings is 3. The molecule has 2 aromatic heterocycles. The van der Waals surface area contributed by atoms with E-state index in [1.54, 1.807) is 6.07 Å². The van der Waals surface area contributed by atoms with Crippen LogP contribution in [0.25, 0.3) is 33.3 Å². The van der Waals surface area contributed by atoms with E-state index < -0.39 is 0 Å². The van der Waals surface area contributed by atoms with Crippen LogP contribution in [0.3, 0.4) is 0 Å². The van der Waals surface area contributed by atoms with Gasteiger partial charge in [0.2, 0.25) is 0 Å². The molecule has 0 unspecified atom stereocenters. The Labute approximate surface area is 193 Å². The van der Waals surface area contributed by atoms with Crippen molar-refractivity contribution >= 4 is 10.9 Å². The van der Waals surface area contributed by atoms with Crippen LogP contribution in [0.5, 0.6) is 5.75 Å². The average molecular weight is 433 g/mol. The van der Waals surface area contributed by atoms with Crippen LogP contribution in [0.4, 0.5) is 0 Å². The van der Waals surface area contributed by atoms with Gasteiger partial charge in [0.15, 0.2) is 0 Å². The zero-order valence-electron chi connectivity index (χ0n) is 18.4. The maximum absolute atomic E-state index is 9.79. The predicted octanol–water partition coefficient (Wildman–Crippen LogP) is 5.20. The van der Waals surface area contributed by atoms with Crippen molar-refractivity contribution in [1.29, 1.82) is 0 Å². The molecule has 0 bridgehead atoms. The number of hydrogen-bond donors (Lipinski definition) is 2. The molecule has 0 aliphatic heterocycles. The summed E-state index contributed by atoms with van der Waals surface area (Å²) in [6.07, 6.45) is 3.41. The maximum Gasteiger partial charge on any atom is 0.115 e. The van der Waals surface area contributed by atoms with Crippen molar-refractivity contribution < 1.29 is 10.8 Å². The van der Waals surface area contributed by atoms with Crippen molar-refractivity contribution in [3.05, 3.63) is 114 Å². The van der Waals surface area contributed by atoms with Gasteiger partial charge < -0.3 is 10.8 Å². The summed E-state index contributed by atoms with van der Waals surface area (Å²) in [5, 5.41) is 10.9. The number of aromatic hydroxyl groups is 1. The summed E-state index contributed by atoms with van der Waals surface area (Å²) >= 11 is 0. The quantitative estimate of drug-likeness (QED) is 0.387. The number of phenols is 1. The molecule has 3 aromatic carbocycles. The number of aromatic nitrogens is 2. The Kier molecular flexibility index (Phi) is 5.83. The smallest absolute Gasteiger partial charge is 0.115 e. The lowest BCUT2D eigenvalue weighted by atomic mass is 9.96. The number of aryl methyl sites for hydroxylation is 2. The van der Waals surface area contributed by atoms with Gasteiger partial charge >= 0.3 is 0 Å². The van der Waals surface area contributed by atoms with Gasteiger partial charge in [0.1, 0.15) is 5.75 Å². The molecule has 0 saturated carbocycles. The third-order valence-electron chi connectivity index (χ3n) is 5.99. The van der Waals surface area contributed by atoms with E-state index in [0.717, 1.165) is 63.9 Å². The van der Waals surface area contributed by atoms with Crippen molar-refractivity contribution in [2.24, 2.45) is 0 Å². The number of rotatable bonds is 6. The number of phenolic OH excluding ortho intramolecular Hbond substituents is 1. The van der Waals surface area contributed by atoms with Gasteiger partial charge in [-0.2, -0.15) is 0 Å². The molecule has 0 amide bonds. The topological polar surface area (TPSA) is 73.7 Å². The van der Waals surface area contributed by atoms with Gasteiger partial charge in [0.25, 0.3) is 0 Å². The molecule has 4 heteroatoms. The molecule has 0 saturated heterocycles. The highest BCUT2D eigenvalue weighted by atomic mass is 16.3. The van der Waals surface area contributed by atoms with Gasteiger partial charge in [-0.15, -0.1) is 0 Å². The first-order valence-corrected chi connectivity index (χ1v) is 11.2. The second-order valence-corrected chi connectivity index (χ2v) is 8.19. The maximum atomic E-state index is 9.79. The number of nitrogens with zero attached hydrogens (tertiary/aromatic N) is 2. The van der Waals surface area contributed by atoms with Gasteiger partial charge in [0, 0.05) is 28.3 Å². The van der Waals surface area contributed by atoms with Crippen LogP contribution in [0.2, 0.25) is 0 Å². The average Bonchev–Trinajstić information content (AvgIpc) is 2.87. The molecular formula is C29H26N3O+. The van der Waals surface area contributed by atoms with Crippen molar-refractivity contribution in [3.63, 3.8) is 0 Å². The van der Waals surface area contributed by atoms with Crippen molar-refractivity contribution in [2.45, 2.75) is 19.4 Å². The number of hydrogen-bond acceptors (Lipinski definition) is 3. The van der Waals surface area contributed by atoms with Crippen LogP contribution in [0.15, 0.2) is 97.2 Å². The largest absolute Gasteiger partial charge is 0.508 e. The van der Waals surface area contributed by atoms with E-state index in [2.05, 4.69) is 60.3 Å². The van der Waals surface area contributed by atoms with Gasteiger partial charge in [-0.1, -0.05) is 66.7 Å². The van der Waals surface area contributed by atoms with Crippen molar-refractivity contribution in [3.8, 4) is 28.1 Å². The van der Waals surface area contributed by atoms with E-state index in [9.17, 15) is 5.11 Å². The fourth-order valence-electron chi connectivity index (χ4n) is 4.21. The molecule has 4 N–H and O–H groups in total. The van der Waals surface area contributed by atoms with E-state index in [4.69, 9.17) is 9.97 Å². The highest BCUT2D eigenvalue weighted by Gasteiger charge is 2.14. The Hall–Kier alpha value is -4.02. The molecule has 5 aromatic rings. The highest BCUT2D eigenvalue weighted by molar-refractivity contribution is 5.92. The van der Waals surface area contributed by atoms with Gasteiger partial charge in [0.05, 0.1) is 23.4 Å². The number of quaternary nitrogens is 1. The molecule has 0 radical (unpaired) electrons. The third-order valence-corrected chi connectivity index (χ3v) is 5.99. The van der Waals surface area contributed by atoms with Crippen LogP contribution in [-0.4, -0.2) is 15.1 Å². The SMILES string of the molecule is [NH3+]Cc1ccc(-c2nc3ccnc(CCc4cccc(O)c4)c3cc2-c2ccccc2)cc1. The van der Waals surface area contributed by atoms with Crippen molar-refractivity contribution in [2.75, 3.05) is 0 Å². The summed E-state index contributed by atoms with van der Waals surface area (Å²) in [7, 11) is 0.